The molecular weight excluding hydrogens is 249 g/mol. The molecule has 0 aliphatic heterocycles. The average molecular weight is 256 g/mol. The predicted molar refractivity (Wildman–Crippen MR) is 53.1 cm³/mol. The fourth-order valence-electron chi connectivity index (χ4n) is 1.50. The zero-order valence-corrected chi connectivity index (χ0v) is 8.84. The molecule has 1 aliphatic rings. The Hall–Kier alpha value is -0.990. The lowest BCUT2D eigenvalue weighted by Gasteiger charge is -2.09. The first kappa shape index (κ1) is 9.56. The van der Waals surface area contributed by atoms with Gasteiger partial charge in [-0.3, -0.25) is 0 Å². The van der Waals surface area contributed by atoms with E-state index in [1.165, 1.54) is 12.1 Å². The summed E-state index contributed by atoms with van der Waals surface area (Å²) >= 11 is 3.26. The highest BCUT2D eigenvalue weighted by Crippen LogP contribution is 2.50. The zero-order chi connectivity index (χ0) is 10.2. The van der Waals surface area contributed by atoms with E-state index < -0.39 is 5.54 Å². The number of aliphatic imine (C=N–C) groups is 1. The Balaban J connectivity index is 2.50. The molecule has 0 unspecified atom stereocenters. The topological polar surface area (TPSA) is 29.4 Å². The first-order valence-electron chi connectivity index (χ1n) is 4.22. The molecule has 1 saturated carbocycles. The second kappa shape index (κ2) is 3.30. The molecule has 14 heavy (non-hydrogen) atoms. The summed E-state index contributed by atoms with van der Waals surface area (Å²) in [7, 11) is 0. The molecule has 0 spiro atoms. The van der Waals surface area contributed by atoms with Crippen LogP contribution in [0.4, 0.5) is 4.39 Å². The van der Waals surface area contributed by atoms with E-state index in [4.69, 9.17) is 0 Å². The van der Waals surface area contributed by atoms with Gasteiger partial charge in [0.05, 0.1) is 0 Å². The number of hydrogen-bond donors (Lipinski definition) is 0. The van der Waals surface area contributed by atoms with Gasteiger partial charge in [0.25, 0.3) is 0 Å². The van der Waals surface area contributed by atoms with Crippen LogP contribution in [0.2, 0.25) is 0 Å². The van der Waals surface area contributed by atoms with E-state index in [2.05, 4.69) is 20.9 Å². The van der Waals surface area contributed by atoms with Gasteiger partial charge in [0, 0.05) is 10.0 Å². The molecule has 0 heterocycles. The number of isocyanates is 1. The third kappa shape index (κ3) is 1.51. The minimum Gasteiger partial charge on any atom is -0.211 e. The maximum Gasteiger partial charge on any atom is 0.235 e. The Bertz CT molecular complexity index is 422. The predicted octanol–water partition coefficient (Wildman–Crippen LogP) is 2.91. The molecule has 0 atom stereocenters. The largest absolute Gasteiger partial charge is 0.235 e. The van der Waals surface area contributed by atoms with E-state index in [0.29, 0.717) is 5.56 Å². The van der Waals surface area contributed by atoms with Gasteiger partial charge in [0.15, 0.2) is 0 Å². The van der Waals surface area contributed by atoms with E-state index in [-0.39, 0.29) is 5.82 Å². The summed E-state index contributed by atoms with van der Waals surface area (Å²) < 4.78 is 14.2. The van der Waals surface area contributed by atoms with Crippen LogP contribution >= 0.6 is 15.9 Å². The molecule has 0 amide bonds. The van der Waals surface area contributed by atoms with Crippen LogP contribution < -0.4 is 0 Å². The molecule has 1 aliphatic carbocycles. The lowest BCUT2D eigenvalue weighted by molar-refractivity contribution is 0.547. The first-order valence-corrected chi connectivity index (χ1v) is 5.02. The summed E-state index contributed by atoms with van der Waals surface area (Å²) in [6.07, 6.45) is 2.94. The van der Waals surface area contributed by atoms with Crippen LogP contribution in [0.25, 0.3) is 0 Å². The standard InChI is InChI=1S/C10H7BrFNO/c11-7-1-2-9(12)8(5-7)10(3-4-10)13-6-14/h1-2,5H,3-4H2. The highest BCUT2D eigenvalue weighted by molar-refractivity contribution is 9.10. The van der Waals surface area contributed by atoms with Crippen molar-refractivity contribution in [1.29, 1.82) is 0 Å². The summed E-state index contributed by atoms with van der Waals surface area (Å²) in [5.41, 5.74) is -0.148. The van der Waals surface area contributed by atoms with Crippen molar-refractivity contribution in [1.82, 2.24) is 0 Å². The van der Waals surface area contributed by atoms with Gasteiger partial charge in [-0.15, -0.1) is 0 Å². The number of nitrogens with zero attached hydrogens (tertiary/aromatic N) is 1. The van der Waals surface area contributed by atoms with Crippen molar-refractivity contribution in [3.63, 3.8) is 0 Å². The fourth-order valence-corrected chi connectivity index (χ4v) is 1.86. The number of carbonyl (C=O) groups excluding carboxylic acids is 1. The zero-order valence-electron chi connectivity index (χ0n) is 7.26. The van der Waals surface area contributed by atoms with Crippen molar-refractivity contribution in [2.75, 3.05) is 0 Å². The smallest absolute Gasteiger partial charge is 0.211 e. The van der Waals surface area contributed by atoms with Crippen molar-refractivity contribution in [3.05, 3.63) is 34.1 Å². The normalized spacial score (nSPS) is 17.3. The Morgan fingerprint density at radius 1 is 1.50 bits per heavy atom. The van der Waals surface area contributed by atoms with Crippen LogP contribution in [0.15, 0.2) is 27.7 Å². The van der Waals surface area contributed by atoms with Crippen LogP contribution in [-0.2, 0) is 10.3 Å². The van der Waals surface area contributed by atoms with Gasteiger partial charge in [0.2, 0.25) is 6.08 Å². The summed E-state index contributed by atoms with van der Waals surface area (Å²) in [5.74, 6) is -0.315. The lowest BCUT2D eigenvalue weighted by Crippen LogP contribution is -2.05. The van der Waals surface area contributed by atoms with Crippen molar-refractivity contribution < 1.29 is 9.18 Å². The van der Waals surface area contributed by atoms with Gasteiger partial charge in [-0.05, 0) is 31.0 Å². The minimum absolute atomic E-state index is 0.315. The van der Waals surface area contributed by atoms with Crippen molar-refractivity contribution in [3.8, 4) is 0 Å². The highest BCUT2D eigenvalue weighted by atomic mass is 79.9. The van der Waals surface area contributed by atoms with Gasteiger partial charge in [-0.2, -0.15) is 4.99 Å². The van der Waals surface area contributed by atoms with Gasteiger partial charge in [0.1, 0.15) is 11.4 Å². The SMILES string of the molecule is O=C=NC1(c2cc(Br)ccc2F)CC1. The second-order valence-electron chi connectivity index (χ2n) is 3.36. The van der Waals surface area contributed by atoms with E-state index in [0.717, 1.165) is 17.3 Å². The van der Waals surface area contributed by atoms with Crippen LogP contribution in [0.1, 0.15) is 18.4 Å². The average Bonchev–Trinajstić information content (AvgIpc) is 2.91. The van der Waals surface area contributed by atoms with Crippen LogP contribution in [0.5, 0.6) is 0 Å². The van der Waals surface area contributed by atoms with Crippen molar-refractivity contribution >= 4 is 22.0 Å². The third-order valence-electron chi connectivity index (χ3n) is 2.41. The Labute approximate surface area is 89.0 Å². The number of benzene rings is 1. The van der Waals surface area contributed by atoms with Crippen molar-refractivity contribution in [2.24, 2.45) is 4.99 Å². The summed E-state index contributed by atoms with van der Waals surface area (Å²) in [6, 6.07) is 4.67. The van der Waals surface area contributed by atoms with Gasteiger partial charge in [-0.25, -0.2) is 9.18 Å². The second-order valence-corrected chi connectivity index (χ2v) is 4.27. The van der Waals surface area contributed by atoms with Crippen LogP contribution in [-0.4, -0.2) is 6.08 Å². The van der Waals surface area contributed by atoms with Gasteiger partial charge < -0.3 is 0 Å². The Morgan fingerprint density at radius 2 is 2.21 bits per heavy atom. The molecule has 1 fully saturated rings. The van der Waals surface area contributed by atoms with Crippen LogP contribution in [0.3, 0.4) is 0 Å². The van der Waals surface area contributed by atoms with E-state index in [1.807, 2.05) is 0 Å². The van der Waals surface area contributed by atoms with Gasteiger partial charge in [-0.1, -0.05) is 15.9 Å². The maximum atomic E-state index is 13.4. The third-order valence-corrected chi connectivity index (χ3v) is 2.91. The lowest BCUT2D eigenvalue weighted by atomic mass is 10.1. The van der Waals surface area contributed by atoms with Crippen molar-refractivity contribution in [2.45, 2.75) is 18.4 Å². The summed E-state index contributed by atoms with van der Waals surface area (Å²) in [4.78, 5) is 13.9. The molecule has 0 N–H and O–H groups in total. The molecule has 0 radical (unpaired) electrons. The summed E-state index contributed by atoms with van der Waals surface area (Å²) in [5, 5.41) is 0. The fraction of sp³-hybridized carbons (Fsp3) is 0.300. The molecule has 4 heteroatoms. The maximum absolute atomic E-state index is 13.4. The number of hydrogen-bond acceptors (Lipinski definition) is 2. The highest BCUT2D eigenvalue weighted by Gasteiger charge is 2.46. The Morgan fingerprint density at radius 3 is 2.79 bits per heavy atom. The minimum atomic E-state index is -0.629. The molecular formula is C10H7BrFNO. The summed E-state index contributed by atoms with van der Waals surface area (Å²) in [6.45, 7) is 0. The number of rotatable bonds is 2. The quantitative estimate of drug-likeness (QED) is 0.590. The number of halogens is 2. The molecule has 1 aromatic rings. The Kier molecular flexibility index (Phi) is 2.25. The molecule has 0 bridgehead atoms. The molecule has 2 nitrogen and oxygen atoms in total. The first-order chi connectivity index (χ1) is 6.68. The molecule has 72 valence electrons. The molecule has 0 saturated heterocycles. The van der Waals surface area contributed by atoms with E-state index in [9.17, 15) is 9.18 Å². The molecule has 0 aromatic heterocycles. The monoisotopic (exact) mass is 255 g/mol. The van der Waals surface area contributed by atoms with Gasteiger partial charge >= 0.3 is 0 Å². The van der Waals surface area contributed by atoms with E-state index >= 15 is 0 Å². The van der Waals surface area contributed by atoms with E-state index in [1.54, 1.807) is 12.1 Å². The molecule has 1 aromatic carbocycles. The molecule has 2 rings (SSSR count). The van der Waals surface area contributed by atoms with Crippen LogP contribution in [0, 0.1) is 5.82 Å².